The van der Waals surface area contributed by atoms with Gasteiger partial charge in [-0.15, -0.1) is 5.10 Å². The lowest BCUT2D eigenvalue weighted by Gasteiger charge is -2.04. The van der Waals surface area contributed by atoms with E-state index in [1.807, 2.05) is 0 Å². The van der Waals surface area contributed by atoms with Crippen LogP contribution in [-0.2, 0) is 6.54 Å². The Labute approximate surface area is 107 Å². The Morgan fingerprint density at radius 3 is 2.94 bits per heavy atom. The Balaban J connectivity index is 2.06. The number of fused-ring (bicyclic) bond motifs is 1. The minimum absolute atomic E-state index is 0.255. The zero-order valence-corrected chi connectivity index (χ0v) is 9.97. The molecular formula is C12H8ClFN4. The zero-order valence-electron chi connectivity index (χ0n) is 9.22. The molecular weight excluding hydrogens is 255 g/mol. The number of hydrogen-bond donors (Lipinski definition) is 0. The van der Waals surface area contributed by atoms with Gasteiger partial charge in [0.15, 0.2) is 5.65 Å². The van der Waals surface area contributed by atoms with Crippen molar-refractivity contribution in [2.45, 2.75) is 6.54 Å². The first-order chi connectivity index (χ1) is 8.75. The Morgan fingerprint density at radius 1 is 1.28 bits per heavy atom. The van der Waals surface area contributed by atoms with Crippen molar-refractivity contribution in [3.05, 3.63) is 53.2 Å². The quantitative estimate of drug-likeness (QED) is 0.713. The molecule has 0 fully saturated rings. The van der Waals surface area contributed by atoms with Gasteiger partial charge in [0.25, 0.3) is 0 Å². The average molecular weight is 263 g/mol. The van der Waals surface area contributed by atoms with Crippen molar-refractivity contribution in [3.63, 3.8) is 0 Å². The molecule has 18 heavy (non-hydrogen) atoms. The lowest BCUT2D eigenvalue weighted by atomic mass is 10.2. The van der Waals surface area contributed by atoms with Crippen molar-refractivity contribution in [1.82, 2.24) is 19.7 Å². The Morgan fingerprint density at radius 2 is 2.11 bits per heavy atom. The van der Waals surface area contributed by atoms with E-state index >= 15 is 0 Å². The molecule has 0 aliphatic rings. The van der Waals surface area contributed by atoms with E-state index in [1.165, 1.54) is 12.3 Å². The van der Waals surface area contributed by atoms with E-state index in [4.69, 9.17) is 11.6 Å². The van der Waals surface area contributed by atoms with Gasteiger partial charge in [0.05, 0.1) is 24.1 Å². The van der Waals surface area contributed by atoms with E-state index in [-0.39, 0.29) is 5.82 Å². The van der Waals surface area contributed by atoms with Gasteiger partial charge in [0, 0.05) is 5.56 Å². The molecule has 0 aliphatic heterocycles. The van der Waals surface area contributed by atoms with Gasteiger partial charge in [-0.2, -0.15) is 5.10 Å². The van der Waals surface area contributed by atoms with Crippen LogP contribution in [0.25, 0.3) is 11.2 Å². The van der Waals surface area contributed by atoms with Crippen LogP contribution in [0.5, 0.6) is 0 Å². The molecule has 3 aromatic rings. The highest BCUT2D eigenvalue weighted by atomic mass is 35.5. The van der Waals surface area contributed by atoms with Gasteiger partial charge in [-0.25, -0.2) is 9.37 Å². The first-order valence-corrected chi connectivity index (χ1v) is 5.69. The van der Waals surface area contributed by atoms with Gasteiger partial charge >= 0.3 is 0 Å². The fraction of sp³-hybridized carbons (Fsp3) is 0.0833. The lowest BCUT2D eigenvalue weighted by molar-refractivity contribution is 0.601. The molecule has 0 unspecified atom stereocenters. The van der Waals surface area contributed by atoms with Crippen molar-refractivity contribution in [2.24, 2.45) is 0 Å². The minimum Gasteiger partial charge on any atom is -0.309 e. The molecule has 0 radical (unpaired) electrons. The van der Waals surface area contributed by atoms with Gasteiger partial charge in [-0.1, -0.05) is 29.8 Å². The van der Waals surface area contributed by atoms with Crippen LogP contribution < -0.4 is 0 Å². The average Bonchev–Trinajstić information content (AvgIpc) is 2.77. The molecule has 2 aromatic heterocycles. The summed E-state index contributed by atoms with van der Waals surface area (Å²) in [4.78, 5) is 4.15. The highest BCUT2D eigenvalue weighted by molar-refractivity contribution is 6.34. The van der Waals surface area contributed by atoms with E-state index in [0.717, 1.165) is 0 Å². The fourth-order valence-electron chi connectivity index (χ4n) is 1.77. The molecule has 0 saturated carbocycles. The van der Waals surface area contributed by atoms with E-state index < -0.39 is 0 Å². The van der Waals surface area contributed by atoms with Crippen LogP contribution in [0.3, 0.4) is 0 Å². The first-order valence-electron chi connectivity index (χ1n) is 5.31. The van der Waals surface area contributed by atoms with Crippen LogP contribution in [0, 0.1) is 5.82 Å². The van der Waals surface area contributed by atoms with E-state index in [1.54, 1.807) is 29.1 Å². The van der Waals surface area contributed by atoms with Crippen LogP contribution in [0.1, 0.15) is 5.56 Å². The molecule has 90 valence electrons. The molecule has 4 nitrogen and oxygen atoms in total. The molecule has 0 amide bonds. The fourth-order valence-corrected chi connectivity index (χ4v) is 1.95. The van der Waals surface area contributed by atoms with Crippen molar-refractivity contribution in [2.75, 3.05) is 0 Å². The van der Waals surface area contributed by atoms with Crippen LogP contribution in [0.2, 0.25) is 5.02 Å². The summed E-state index contributed by atoms with van der Waals surface area (Å²) < 4.78 is 15.3. The van der Waals surface area contributed by atoms with Crippen molar-refractivity contribution in [1.29, 1.82) is 0 Å². The molecule has 3 rings (SSSR count). The van der Waals surface area contributed by atoms with E-state index in [2.05, 4.69) is 15.2 Å². The third-order valence-electron chi connectivity index (χ3n) is 2.66. The van der Waals surface area contributed by atoms with E-state index in [9.17, 15) is 4.39 Å². The summed E-state index contributed by atoms with van der Waals surface area (Å²) in [6.07, 6.45) is 3.02. The predicted molar refractivity (Wildman–Crippen MR) is 65.8 cm³/mol. The summed E-state index contributed by atoms with van der Waals surface area (Å²) >= 11 is 5.95. The van der Waals surface area contributed by atoms with Gasteiger partial charge in [0.1, 0.15) is 11.3 Å². The maximum atomic E-state index is 13.6. The molecule has 0 saturated heterocycles. The maximum Gasteiger partial charge on any atom is 0.184 e. The summed E-state index contributed by atoms with van der Waals surface area (Å²) in [6.45, 7) is 0.345. The van der Waals surface area contributed by atoms with Crippen molar-refractivity contribution < 1.29 is 4.39 Å². The predicted octanol–water partition coefficient (Wildman–Crippen LogP) is 2.67. The SMILES string of the molecule is Fc1ccccc1Cn1cnc2c(Cl)cnnc21. The van der Waals surface area contributed by atoms with Crippen LogP contribution >= 0.6 is 11.6 Å². The first kappa shape index (κ1) is 11.1. The Bertz CT molecular complexity index is 710. The monoisotopic (exact) mass is 262 g/mol. The summed E-state index contributed by atoms with van der Waals surface area (Å²) in [5.74, 6) is -0.255. The summed E-state index contributed by atoms with van der Waals surface area (Å²) in [6, 6.07) is 6.59. The highest BCUT2D eigenvalue weighted by Crippen LogP contribution is 2.19. The van der Waals surface area contributed by atoms with Crippen LogP contribution in [-0.4, -0.2) is 19.7 Å². The molecule has 0 bridgehead atoms. The number of imidazole rings is 1. The Hall–Kier alpha value is -2.01. The van der Waals surface area contributed by atoms with Gasteiger partial charge in [-0.05, 0) is 6.07 Å². The van der Waals surface area contributed by atoms with Gasteiger partial charge in [0.2, 0.25) is 0 Å². The molecule has 0 N–H and O–H groups in total. The Kier molecular flexibility index (Phi) is 2.68. The number of rotatable bonds is 2. The zero-order chi connectivity index (χ0) is 12.5. The topological polar surface area (TPSA) is 43.6 Å². The van der Waals surface area contributed by atoms with Crippen molar-refractivity contribution >= 4 is 22.8 Å². The van der Waals surface area contributed by atoms with Gasteiger partial charge in [-0.3, -0.25) is 0 Å². The number of nitrogens with zero attached hydrogens (tertiary/aromatic N) is 4. The lowest BCUT2D eigenvalue weighted by Crippen LogP contribution is -2.01. The van der Waals surface area contributed by atoms with Gasteiger partial charge < -0.3 is 4.57 Å². The molecule has 0 spiro atoms. The summed E-state index contributed by atoms with van der Waals surface area (Å²) in [5, 5.41) is 8.18. The summed E-state index contributed by atoms with van der Waals surface area (Å²) in [7, 11) is 0. The molecule has 1 aromatic carbocycles. The second-order valence-electron chi connectivity index (χ2n) is 3.83. The third kappa shape index (κ3) is 1.82. The largest absolute Gasteiger partial charge is 0.309 e. The normalized spacial score (nSPS) is 11.0. The molecule has 2 heterocycles. The van der Waals surface area contributed by atoms with E-state index in [0.29, 0.717) is 28.3 Å². The molecule has 6 heteroatoms. The maximum absolute atomic E-state index is 13.6. The number of aromatic nitrogens is 4. The standard InChI is InChI=1S/C12H8ClFN4/c13-9-5-16-17-12-11(9)15-7-18(12)6-8-3-1-2-4-10(8)14/h1-5,7H,6H2. The van der Waals surface area contributed by atoms with Crippen LogP contribution in [0.4, 0.5) is 4.39 Å². The smallest absolute Gasteiger partial charge is 0.184 e. The highest BCUT2D eigenvalue weighted by Gasteiger charge is 2.09. The van der Waals surface area contributed by atoms with Crippen molar-refractivity contribution in [3.8, 4) is 0 Å². The summed E-state index contributed by atoms with van der Waals surface area (Å²) in [5.41, 5.74) is 1.69. The minimum atomic E-state index is -0.255. The molecule has 0 aliphatic carbocycles. The number of hydrogen-bond acceptors (Lipinski definition) is 3. The number of benzene rings is 1. The number of halogens is 2. The second kappa shape index (κ2) is 4.34. The van der Waals surface area contributed by atoms with Crippen LogP contribution in [0.15, 0.2) is 36.8 Å². The molecule has 0 atom stereocenters. The third-order valence-corrected chi connectivity index (χ3v) is 2.93. The second-order valence-corrected chi connectivity index (χ2v) is 4.24.